The summed E-state index contributed by atoms with van der Waals surface area (Å²) in [6, 6.07) is 10.3. The van der Waals surface area contributed by atoms with Gasteiger partial charge in [-0.2, -0.15) is 9.97 Å². The van der Waals surface area contributed by atoms with E-state index in [2.05, 4.69) is 45.6 Å². The summed E-state index contributed by atoms with van der Waals surface area (Å²) < 4.78 is 11.2. The minimum Gasteiger partial charge on any atom is -0.381 e. The molecule has 0 radical (unpaired) electrons. The van der Waals surface area contributed by atoms with Crippen LogP contribution in [0.25, 0.3) is 0 Å². The second-order valence-electron chi connectivity index (χ2n) is 10.4. The van der Waals surface area contributed by atoms with Crippen LogP contribution >= 0.6 is 23.8 Å². The summed E-state index contributed by atoms with van der Waals surface area (Å²) in [5.74, 6) is 3.05. The molecule has 1 aromatic carbocycles. The van der Waals surface area contributed by atoms with Crippen LogP contribution in [0.5, 0.6) is 0 Å². The molecule has 8 nitrogen and oxygen atoms in total. The van der Waals surface area contributed by atoms with Crippen molar-refractivity contribution >= 4 is 46.5 Å². The quantitative estimate of drug-likeness (QED) is 0.519. The molecule has 37 heavy (non-hydrogen) atoms. The number of morpholine rings is 1. The molecule has 10 heteroatoms. The van der Waals surface area contributed by atoms with Crippen LogP contribution in [0.1, 0.15) is 38.2 Å². The van der Waals surface area contributed by atoms with Crippen LogP contribution in [0, 0.1) is 5.92 Å². The Morgan fingerprint density at radius 1 is 1.03 bits per heavy atom. The zero-order chi connectivity index (χ0) is 25.7. The summed E-state index contributed by atoms with van der Waals surface area (Å²) in [6.45, 7) is 9.54. The average Bonchev–Trinajstić information content (AvgIpc) is 2.93. The van der Waals surface area contributed by atoms with Gasteiger partial charge in [-0.1, -0.05) is 30.7 Å². The number of anilines is 3. The summed E-state index contributed by atoms with van der Waals surface area (Å²) in [6.07, 6.45) is 4.28. The fourth-order valence-electron chi connectivity index (χ4n) is 5.52. The molecule has 0 saturated carbocycles. The SMILES string of the molecule is C[C@H]1CCCN(c2cc(N3CCOCC3)nc(NC(=S)NCC3(c4ccc(Cl)cc4)CCOCC3)n2)C1. The predicted octanol–water partition coefficient (Wildman–Crippen LogP) is 4.24. The highest BCUT2D eigenvalue weighted by molar-refractivity contribution is 7.80. The molecular formula is C27H37ClN6O2S. The number of hydrogen-bond acceptors (Lipinski definition) is 7. The summed E-state index contributed by atoms with van der Waals surface area (Å²) in [7, 11) is 0. The molecule has 2 aromatic rings. The van der Waals surface area contributed by atoms with Gasteiger partial charge in [-0.25, -0.2) is 0 Å². The van der Waals surface area contributed by atoms with Gasteiger partial charge in [0.1, 0.15) is 11.6 Å². The maximum atomic E-state index is 6.16. The van der Waals surface area contributed by atoms with Crippen LogP contribution in [0.15, 0.2) is 30.3 Å². The van der Waals surface area contributed by atoms with Crippen molar-refractivity contribution in [1.82, 2.24) is 15.3 Å². The van der Waals surface area contributed by atoms with Gasteiger partial charge in [-0.3, -0.25) is 0 Å². The van der Waals surface area contributed by atoms with Gasteiger partial charge in [-0.15, -0.1) is 0 Å². The Labute approximate surface area is 230 Å². The van der Waals surface area contributed by atoms with Gasteiger partial charge in [0.25, 0.3) is 0 Å². The van der Waals surface area contributed by atoms with Crippen molar-refractivity contribution in [2.24, 2.45) is 5.92 Å². The fourth-order valence-corrected chi connectivity index (χ4v) is 5.81. The topological polar surface area (TPSA) is 74.8 Å². The fraction of sp³-hybridized carbons (Fsp3) is 0.593. The molecule has 3 fully saturated rings. The van der Waals surface area contributed by atoms with Gasteiger partial charge in [0, 0.05) is 62.4 Å². The van der Waals surface area contributed by atoms with Crippen molar-refractivity contribution in [1.29, 1.82) is 0 Å². The Hall–Kier alpha value is -2.20. The third-order valence-corrected chi connectivity index (χ3v) is 8.23. The monoisotopic (exact) mass is 544 g/mol. The molecule has 0 bridgehead atoms. The van der Waals surface area contributed by atoms with Crippen LogP contribution in [-0.4, -0.2) is 74.2 Å². The summed E-state index contributed by atoms with van der Waals surface area (Å²) >= 11 is 11.9. The lowest BCUT2D eigenvalue weighted by atomic mass is 9.74. The van der Waals surface area contributed by atoms with E-state index >= 15 is 0 Å². The van der Waals surface area contributed by atoms with E-state index in [4.69, 9.17) is 43.3 Å². The number of rotatable bonds is 6. The lowest BCUT2D eigenvalue weighted by Gasteiger charge is -2.38. The van der Waals surface area contributed by atoms with E-state index in [0.29, 0.717) is 36.7 Å². The molecule has 0 spiro atoms. The van der Waals surface area contributed by atoms with E-state index in [1.54, 1.807) is 0 Å². The number of aromatic nitrogens is 2. The van der Waals surface area contributed by atoms with E-state index in [1.807, 2.05) is 12.1 Å². The summed E-state index contributed by atoms with van der Waals surface area (Å²) in [5, 5.41) is 8.02. The first-order chi connectivity index (χ1) is 18.0. The Morgan fingerprint density at radius 2 is 1.70 bits per heavy atom. The van der Waals surface area contributed by atoms with Gasteiger partial charge in [0.2, 0.25) is 5.95 Å². The number of benzene rings is 1. The average molecular weight is 545 g/mol. The van der Waals surface area contributed by atoms with Gasteiger partial charge < -0.3 is 29.9 Å². The number of nitrogens with one attached hydrogen (secondary N) is 2. The highest BCUT2D eigenvalue weighted by Gasteiger charge is 2.34. The van der Waals surface area contributed by atoms with Crippen LogP contribution in [0.2, 0.25) is 5.02 Å². The van der Waals surface area contributed by atoms with Gasteiger partial charge in [0.05, 0.1) is 13.2 Å². The van der Waals surface area contributed by atoms with Gasteiger partial charge in [-0.05, 0) is 61.5 Å². The number of piperidine rings is 1. The molecule has 3 saturated heterocycles. The molecule has 200 valence electrons. The Kier molecular flexibility index (Phi) is 8.64. The van der Waals surface area contributed by atoms with Crippen molar-refractivity contribution in [3.05, 3.63) is 40.9 Å². The molecule has 1 atom stereocenters. The molecule has 0 unspecified atom stereocenters. The van der Waals surface area contributed by atoms with Gasteiger partial charge in [0.15, 0.2) is 5.11 Å². The molecule has 0 aliphatic carbocycles. The van der Waals surface area contributed by atoms with Crippen molar-refractivity contribution in [3.8, 4) is 0 Å². The molecule has 0 amide bonds. The number of nitrogens with zero attached hydrogens (tertiary/aromatic N) is 4. The van der Waals surface area contributed by atoms with Crippen LogP contribution < -0.4 is 20.4 Å². The summed E-state index contributed by atoms with van der Waals surface area (Å²) in [4.78, 5) is 14.4. The van der Waals surface area contributed by atoms with Crippen molar-refractivity contribution in [2.45, 2.75) is 38.0 Å². The third-order valence-electron chi connectivity index (χ3n) is 7.73. The molecule has 3 aliphatic rings. The van der Waals surface area contributed by atoms with Gasteiger partial charge >= 0.3 is 0 Å². The number of ether oxygens (including phenoxy) is 2. The Balaban J connectivity index is 1.32. The van der Waals surface area contributed by atoms with E-state index in [9.17, 15) is 0 Å². The van der Waals surface area contributed by atoms with Crippen LogP contribution in [0.4, 0.5) is 17.6 Å². The first kappa shape index (κ1) is 26.4. The standard InChI is InChI=1S/C27H37ClN6O2S/c1-20-3-2-10-34(18-20)24-17-23(33-11-15-36-16-12-33)30-25(31-24)32-26(37)29-19-27(8-13-35-14-9-27)21-4-6-22(28)7-5-21/h4-7,17,20H,2-3,8-16,18-19H2,1H3,(H2,29,30,31,32,37)/t20-/m0/s1. The lowest BCUT2D eigenvalue weighted by molar-refractivity contribution is 0.0515. The van der Waals surface area contributed by atoms with Crippen LogP contribution in [-0.2, 0) is 14.9 Å². The number of halogens is 1. The Bertz CT molecular complexity index is 1060. The smallest absolute Gasteiger partial charge is 0.232 e. The zero-order valence-corrected chi connectivity index (χ0v) is 23.1. The first-order valence-corrected chi connectivity index (χ1v) is 14.1. The highest BCUT2D eigenvalue weighted by Crippen LogP contribution is 2.35. The summed E-state index contributed by atoms with van der Waals surface area (Å²) in [5.41, 5.74) is 1.18. The van der Waals surface area contributed by atoms with Crippen molar-refractivity contribution < 1.29 is 9.47 Å². The predicted molar refractivity (Wildman–Crippen MR) is 153 cm³/mol. The van der Waals surface area contributed by atoms with Crippen molar-refractivity contribution in [2.75, 3.05) is 74.3 Å². The molecule has 5 rings (SSSR count). The molecule has 1 aromatic heterocycles. The normalized spacial score (nSPS) is 21.9. The van der Waals surface area contributed by atoms with E-state index in [0.717, 1.165) is 68.9 Å². The first-order valence-electron chi connectivity index (χ1n) is 13.4. The van der Waals surface area contributed by atoms with E-state index in [-0.39, 0.29) is 5.41 Å². The van der Waals surface area contributed by atoms with Crippen LogP contribution in [0.3, 0.4) is 0 Å². The third kappa shape index (κ3) is 6.63. The highest BCUT2D eigenvalue weighted by atomic mass is 35.5. The maximum Gasteiger partial charge on any atom is 0.232 e. The second-order valence-corrected chi connectivity index (χ2v) is 11.3. The molecular weight excluding hydrogens is 508 g/mol. The molecule has 2 N–H and O–H groups in total. The van der Waals surface area contributed by atoms with Crippen molar-refractivity contribution in [3.63, 3.8) is 0 Å². The largest absolute Gasteiger partial charge is 0.381 e. The van der Waals surface area contributed by atoms with E-state index in [1.165, 1.54) is 18.4 Å². The second kappa shape index (κ2) is 12.1. The number of hydrogen-bond donors (Lipinski definition) is 2. The Morgan fingerprint density at radius 3 is 2.41 bits per heavy atom. The molecule has 4 heterocycles. The maximum absolute atomic E-state index is 6.16. The molecule has 3 aliphatic heterocycles. The minimum absolute atomic E-state index is 0.0693. The minimum atomic E-state index is -0.0693. The van der Waals surface area contributed by atoms with E-state index < -0.39 is 0 Å². The number of thiocarbonyl (C=S) groups is 1. The lowest BCUT2D eigenvalue weighted by Crippen LogP contribution is -2.45. The zero-order valence-electron chi connectivity index (χ0n) is 21.5.